The molecule has 0 saturated carbocycles. The van der Waals surface area contributed by atoms with Gasteiger partial charge in [-0.25, -0.2) is 4.79 Å². The number of carbonyl (C=O) groups is 2. The van der Waals surface area contributed by atoms with Crippen LogP contribution in [-0.4, -0.2) is 29.7 Å². The number of carbonyl (C=O) groups excluding carboxylic acids is 2. The second-order valence-corrected chi connectivity index (χ2v) is 5.69. The zero-order valence-corrected chi connectivity index (χ0v) is 14.3. The number of amides is 1. The monoisotopic (exact) mass is 350 g/mol. The van der Waals surface area contributed by atoms with Gasteiger partial charge in [-0.3, -0.25) is 4.79 Å². The summed E-state index contributed by atoms with van der Waals surface area (Å²) < 4.78 is 10.7. The van der Waals surface area contributed by atoms with Crippen molar-refractivity contribution in [2.45, 2.75) is 13.0 Å². The first-order chi connectivity index (χ1) is 12.6. The summed E-state index contributed by atoms with van der Waals surface area (Å²) >= 11 is 0. The summed E-state index contributed by atoms with van der Waals surface area (Å²) in [6.45, 7) is 5.35. The Morgan fingerprint density at radius 2 is 2.04 bits per heavy atom. The Bertz CT molecular complexity index is 947. The first-order valence-corrected chi connectivity index (χ1v) is 8.14. The first kappa shape index (κ1) is 17.4. The molecule has 1 aromatic heterocycles. The van der Waals surface area contributed by atoms with Gasteiger partial charge in [0, 0.05) is 12.1 Å². The SMILES string of the molecule is C=CCNC(=O)[C@H](C)OC(=O)c1ccc2noc(-c3ccccc3)c2c1. The van der Waals surface area contributed by atoms with Crippen LogP contribution in [0.4, 0.5) is 0 Å². The van der Waals surface area contributed by atoms with E-state index in [1.165, 1.54) is 6.92 Å². The highest BCUT2D eigenvalue weighted by molar-refractivity contribution is 5.99. The molecule has 0 unspecified atom stereocenters. The molecular formula is C20H18N2O4. The third-order valence-corrected chi connectivity index (χ3v) is 3.82. The lowest BCUT2D eigenvalue weighted by molar-refractivity contribution is -0.128. The van der Waals surface area contributed by atoms with Gasteiger partial charge in [-0.15, -0.1) is 6.58 Å². The Morgan fingerprint density at radius 1 is 1.27 bits per heavy atom. The van der Waals surface area contributed by atoms with Gasteiger partial charge in [0.1, 0.15) is 5.52 Å². The summed E-state index contributed by atoms with van der Waals surface area (Å²) in [4.78, 5) is 24.2. The summed E-state index contributed by atoms with van der Waals surface area (Å²) in [6, 6.07) is 14.4. The van der Waals surface area contributed by atoms with Crippen LogP contribution in [0.15, 0.2) is 65.7 Å². The second kappa shape index (κ2) is 7.65. The van der Waals surface area contributed by atoms with E-state index in [0.717, 1.165) is 5.56 Å². The normalized spacial score (nSPS) is 11.7. The summed E-state index contributed by atoms with van der Waals surface area (Å²) in [7, 11) is 0. The smallest absolute Gasteiger partial charge is 0.338 e. The molecule has 26 heavy (non-hydrogen) atoms. The standard InChI is InChI=1S/C20H18N2O4/c1-3-11-21-19(23)13(2)25-20(24)15-9-10-17-16(12-15)18(26-22-17)14-7-5-4-6-8-14/h3-10,12-13H,1,11H2,2H3,(H,21,23)/t13-/m0/s1. The number of esters is 1. The number of nitrogens with one attached hydrogen (secondary N) is 1. The number of rotatable bonds is 6. The van der Waals surface area contributed by atoms with Crippen molar-refractivity contribution >= 4 is 22.8 Å². The molecule has 1 N–H and O–H groups in total. The molecule has 132 valence electrons. The van der Waals surface area contributed by atoms with Gasteiger partial charge in [-0.2, -0.15) is 0 Å². The fourth-order valence-corrected chi connectivity index (χ4v) is 2.46. The quantitative estimate of drug-likeness (QED) is 0.545. The maximum atomic E-state index is 12.4. The molecule has 6 heteroatoms. The number of hydrogen-bond acceptors (Lipinski definition) is 5. The van der Waals surface area contributed by atoms with Crippen molar-refractivity contribution in [3.05, 3.63) is 66.7 Å². The highest BCUT2D eigenvalue weighted by Gasteiger charge is 2.20. The summed E-state index contributed by atoms with van der Waals surface area (Å²) in [5.41, 5.74) is 1.82. The Morgan fingerprint density at radius 3 is 2.77 bits per heavy atom. The van der Waals surface area contributed by atoms with E-state index in [4.69, 9.17) is 9.26 Å². The molecule has 0 spiro atoms. The van der Waals surface area contributed by atoms with Crippen LogP contribution < -0.4 is 5.32 Å². The molecule has 1 amide bonds. The zero-order chi connectivity index (χ0) is 18.5. The highest BCUT2D eigenvalue weighted by atomic mass is 16.5. The minimum Gasteiger partial charge on any atom is -0.449 e. The summed E-state index contributed by atoms with van der Waals surface area (Å²) in [6.07, 6.45) is 0.645. The zero-order valence-electron chi connectivity index (χ0n) is 14.3. The van der Waals surface area contributed by atoms with Crippen LogP contribution in [0.5, 0.6) is 0 Å². The van der Waals surface area contributed by atoms with Crippen molar-refractivity contribution < 1.29 is 18.8 Å². The highest BCUT2D eigenvalue weighted by Crippen LogP contribution is 2.29. The Labute approximate surface area is 150 Å². The molecule has 2 aromatic carbocycles. The van der Waals surface area contributed by atoms with E-state index in [0.29, 0.717) is 28.8 Å². The maximum Gasteiger partial charge on any atom is 0.338 e. The van der Waals surface area contributed by atoms with E-state index in [-0.39, 0.29) is 5.91 Å². The molecule has 0 aliphatic rings. The van der Waals surface area contributed by atoms with Crippen LogP contribution in [0.3, 0.4) is 0 Å². The van der Waals surface area contributed by atoms with Gasteiger partial charge >= 0.3 is 5.97 Å². The molecule has 0 radical (unpaired) electrons. The predicted molar refractivity (Wildman–Crippen MR) is 97.5 cm³/mol. The number of fused-ring (bicyclic) bond motifs is 1. The molecule has 1 atom stereocenters. The third-order valence-electron chi connectivity index (χ3n) is 3.82. The number of ether oxygens (including phenoxy) is 1. The maximum absolute atomic E-state index is 12.4. The molecule has 0 aliphatic heterocycles. The molecule has 3 aromatic rings. The van der Waals surface area contributed by atoms with Gasteiger partial charge in [0.2, 0.25) is 0 Å². The van der Waals surface area contributed by atoms with Crippen molar-refractivity contribution in [3.8, 4) is 11.3 Å². The van der Waals surface area contributed by atoms with Gasteiger partial charge in [0.15, 0.2) is 11.9 Å². The van der Waals surface area contributed by atoms with E-state index >= 15 is 0 Å². The minimum atomic E-state index is -0.908. The molecule has 6 nitrogen and oxygen atoms in total. The van der Waals surface area contributed by atoms with Crippen LogP contribution in [0.1, 0.15) is 17.3 Å². The molecule has 0 bridgehead atoms. The van der Waals surface area contributed by atoms with Gasteiger partial charge in [-0.05, 0) is 25.1 Å². The molecule has 0 saturated heterocycles. The van der Waals surface area contributed by atoms with Crippen LogP contribution in [0, 0.1) is 0 Å². The average Bonchev–Trinajstić information content (AvgIpc) is 3.09. The third kappa shape index (κ3) is 3.64. The lowest BCUT2D eigenvalue weighted by atomic mass is 10.1. The minimum absolute atomic E-state index is 0.313. The van der Waals surface area contributed by atoms with Gasteiger partial charge < -0.3 is 14.6 Å². The first-order valence-electron chi connectivity index (χ1n) is 8.14. The van der Waals surface area contributed by atoms with Gasteiger partial charge in [-0.1, -0.05) is 41.6 Å². The molecule has 0 aliphatic carbocycles. The Balaban J connectivity index is 1.83. The van der Waals surface area contributed by atoms with Gasteiger partial charge in [0.05, 0.1) is 10.9 Å². The topological polar surface area (TPSA) is 81.4 Å². The summed E-state index contributed by atoms with van der Waals surface area (Å²) in [5, 5.41) is 7.31. The summed E-state index contributed by atoms with van der Waals surface area (Å²) in [5.74, 6) is -0.394. The van der Waals surface area contributed by atoms with Gasteiger partial charge in [0.25, 0.3) is 5.91 Å². The largest absolute Gasteiger partial charge is 0.449 e. The molecule has 1 heterocycles. The van der Waals surface area contributed by atoms with Crippen molar-refractivity contribution in [2.75, 3.05) is 6.54 Å². The Kier molecular flexibility index (Phi) is 5.12. The van der Waals surface area contributed by atoms with Crippen LogP contribution in [0.2, 0.25) is 0 Å². The fourth-order valence-electron chi connectivity index (χ4n) is 2.46. The number of nitrogens with zero attached hydrogens (tertiary/aromatic N) is 1. The van der Waals surface area contributed by atoms with Crippen molar-refractivity contribution in [2.24, 2.45) is 0 Å². The van der Waals surface area contributed by atoms with Crippen molar-refractivity contribution in [1.29, 1.82) is 0 Å². The lowest BCUT2D eigenvalue weighted by Gasteiger charge is -2.12. The van der Waals surface area contributed by atoms with Crippen LogP contribution in [0.25, 0.3) is 22.2 Å². The molecular weight excluding hydrogens is 332 g/mol. The van der Waals surface area contributed by atoms with E-state index in [1.807, 2.05) is 30.3 Å². The van der Waals surface area contributed by atoms with E-state index < -0.39 is 12.1 Å². The Hall–Kier alpha value is -3.41. The van der Waals surface area contributed by atoms with Crippen molar-refractivity contribution in [3.63, 3.8) is 0 Å². The number of hydrogen-bond donors (Lipinski definition) is 1. The molecule has 0 fully saturated rings. The van der Waals surface area contributed by atoms with Crippen molar-refractivity contribution in [1.82, 2.24) is 10.5 Å². The van der Waals surface area contributed by atoms with Crippen LogP contribution >= 0.6 is 0 Å². The van der Waals surface area contributed by atoms with E-state index in [2.05, 4.69) is 17.1 Å². The molecule has 3 rings (SSSR count). The van der Waals surface area contributed by atoms with E-state index in [9.17, 15) is 9.59 Å². The van der Waals surface area contributed by atoms with Crippen LogP contribution in [-0.2, 0) is 9.53 Å². The predicted octanol–water partition coefficient (Wildman–Crippen LogP) is 3.34. The lowest BCUT2D eigenvalue weighted by Crippen LogP contribution is -2.35. The number of aromatic nitrogens is 1. The number of benzene rings is 2. The second-order valence-electron chi connectivity index (χ2n) is 5.69. The van der Waals surface area contributed by atoms with E-state index in [1.54, 1.807) is 24.3 Å². The fraction of sp³-hybridized carbons (Fsp3) is 0.150. The average molecular weight is 350 g/mol.